The number of phenols is 1. The van der Waals surface area contributed by atoms with Crippen molar-refractivity contribution in [1.82, 2.24) is 9.80 Å². The number of hydrogen-bond acceptors (Lipinski definition) is 6. The molecule has 4 atom stereocenters. The molecule has 0 radical (unpaired) electrons. The molecular formula is C41H56N2O6. The fourth-order valence-electron chi connectivity index (χ4n) is 6.27. The van der Waals surface area contributed by atoms with E-state index in [-0.39, 0.29) is 30.0 Å². The van der Waals surface area contributed by atoms with E-state index in [1.165, 1.54) is 0 Å². The van der Waals surface area contributed by atoms with Gasteiger partial charge in [0.15, 0.2) is 0 Å². The fraction of sp³-hybridized carbons (Fsp3) is 0.512. The maximum absolute atomic E-state index is 12.7. The van der Waals surface area contributed by atoms with Gasteiger partial charge in [-0.15, -0.1) is 0 Å². The first kappa shape index (κ1) is 37.6. The summed E-state index contributed by atoms with van der Waals surface area (Å²) in [4.78, 5) is 28.9. The molecule has 49 heavy (non-hydrogen) atoms. The van der Waals surface area contributed by atoms with Crippen LogP contribution in [0, 0.1) is 11.8 Å². The molecule has 3 aromatic carbocycles. The molecule has 2 saturated heterocycles. The Morgan fingerprint density at radius 2 is 1.08 bits per heavy atom. The molecule has 2 aliphatic rings. The largest absolute Gasteiger partial charge is 0.508 e. The van der Waals surface area contributed by atoms with E-state index in [0.717, 1.165) is 54.7 Å². The molecule has 8 nitrogen and oxygen atoms in total. The number of amides is 2. The number of aromatic hydroxyl groups is 1. The lowest BCUT2D eigenvalue weighted by Gasteiger charge is -2.39. The summed E-state index contributed by atoms with van der Waals surface area (Å²) in [7, 11) is 0. The molecule has 266 valence electrons. The van der Waals surface area contributed by atoms with Crippen molar-refractivity contribution in [2.45, 2.75) is 111 Å². The number of hydrogen-bond donors (Lipinski definition) is 1. The Balaban J connectivity index is 0.000000230. The molecule has 0 unspecified atom stereocenters. The number of phenolic OH excluding ortho intramolecular Hbond substituents is 1. The smallest absolute Gasteiger partial charge is 0.410 e. The number of carbonyl (C=O) groups is 2. The van der Waals surface area contributed by atoms with Crippen LogP contribution in [-0.2, 0) is 16.1 Å². The van der Waals surface area contributed by atoms with Crippen LogP contribution < -0.4 is 4.74 Å². The standard InChI is InChI=1S/C24H31NO3.C17H25NO3/c1-18-10-15-22(25(16-18)23(26)28-24(2,3)4)20-11-13-21(14-12-20)27-17-19-8-6-5-7-9-19;1-12-5-10-15(13-6-8-14(19)9-7-13)18(11-12)16(20)21-17(2,3)4/h5-9,11-14,18,22H,10,15-17H2,1-4H3;6-9,12,15,19H,5,10-11H2,1-4H3/t18-,22+;12-,15+/m00/s1. The van der Waals surface area contributed by atoms with Gasteiger partial charge in [-0.3, -0.25) is 0 Å². The van der Waals surface area contributed by atoms with Crippen molar-refractivity contribution in [3.63, 3.8) is 0 Å². The van der Waals surface area contributed by atoms with E-state index >= 15 is 0 Å². The number of likely N-dealkylation sites (tertiary alicyclic amines) is 2. The van der Waals surface area contributed by atoms with Crippen LogP contribution in [0.3, 0.4) is 0 Å². The molecule has 0 bridgehead atoms. The van der Waals surface area contributed by atoms with Gasteiger partial charge in [0.05, 0.1) is 12.1 Å². The number of carbonyl (C=O) groups excluding carboxylic acids is 2. The number of rotatable bonds is 5. The van der Waals surface area contributed by atoms with Gasteiger partial charge in [-0.05, 0) is 120 Å². The molecule has 0 spiro atoms. The molecular weight excluding hydrogens is 616 g/mol. The van der Waals surface area contributed by atoms with E-state index in [9.17, 15) is 14.7 Å². The van der Waals surface area contributed by atoms with Crippen molar-refractivity contribution in [3.05, 3.63) is 95.6 Å². The van der Waals surface area contributed by atoms with Gasteiger partial charge in [0.1, 0.15) is 29.3 Å². The molecule has 0 aliphatic carbocycles. The second-order valence-electron chi connectivity index (χ2n) is 15.6. The molecule has 3 aromatic rings. The zero-order valence-corrected chi connectivity index (χ0v) is 30.6. The number of nitrogens with zero attached hydrogens (tertiary/aromatic N) is 2. The number of benzene rings is 3. The Bertz CT molecular complexity index is 1480. The van der Waals surface area contributed by atoms with Gasteiger partial charge in [-0.1, -0.05) is 68.4 Å². The highest BCUT2D eigenvalue weighted by atomic mass is 16.6. The maximum atomic E-state index is 12.7. The van der Waals surface area contributed by atoms with Crippen LogP contribution >= 0.6 is 0 Å². The van der Waals surface area contributed by atoms with E-state index in [4.69, 9.17) is 14.2 Å². The lowest BCUT2D eigenvalue weighted by atomic mass is 9.90. The van der Waals surface area contributed by atoms with Crippen LogP contribution in [0.25, 0.3) is 0 Å². The van der Waals surface area contributed by atoms with Gasteiger partial charge in [0.25, 0.3) is 0 Å². The number of piperidine rings is 2. The van der Waals surface area contributed by atoms with Gasteiger partial charge in [-0.25, -0.2) is 9.59 Å². The number of ether oxygens (including phenoxy) is 3. The van der Waals surface area contributed by atoms with E-state index in [1.54, 1.807) is 12.1 Å². The Labute approximate surface area is 293 Å². The van der Waals surface area contributed by atoms with Crippen molar-refractivity contribution in [1.29, 1.82) is 0 Å². The summed E-state index contributed by atoms with van der Waals surface area (Å²) in [5.41, 5.74) is 2.34. The van der Waals surface area contributed by atoms with Crippen LogP contribution in [0.4, 0.5) is 9.59 Å². The van der Waals surface area contributed by atoms with Gasteiger partial charge in [-0.2, -0.15) is 0 Å². The average molecular weight is 673 g/mol. The molecule has 2 heterocycles. The normalized spacial score (nSPS) is 21.2. The fourth-order valence-corrected chi connectivity index (χ4v) is 6.27. The Kier molecular flexibility index (Phi) is 12.6. The minimum Gasteiger partial charge on any atom is -0.508 e. The second kappa shape index (κ2) is 16.5. The summed E-state index contributed by atoms with van der Waals surface area (Å²) in [6.45, 7) is 17.7. The zero-order chi connectivity index (χ0) is 35.8. The Hall–Kier alpha value is -4.20. The molecule has 0 saturated carbocycles. The van der Waals surface area contributed by atoms with Crippen LogP contribution in [0.5, 0.6) is 11.5 Å². The second-order valence-corrected chi connectivity index (χ2v) is 15.6. The van der Waals surface area contributed by atoms with Gasteiger partial charge in [0, 0.05) is 13.1 Å². The highest BCUT2D eigenvalue weighted by Crippen LogP contribution is 2.36. The molecule has 1 N–H and O–H groups in total. The Morgan fingerprint density at radius 1 is 0.653 bits per heavy atom. The summed E-state index contributed by atoms with van der Waals surface area (Å²) in [6, 6.07) is 25.4. The average Bonchev–Trinajstić information content (AvgIpc) is 3.04. The van der Waals surface area contributed by atoms with Crippen LogP contribution in [0.2, 0.25) is 0 Å². The first-order valence-corrected chi connectivity index (χ1v) is 17.6. The summed E-state index contributed by atoms with van der Waals surface area (Å²) in [5, 5.41) is 9.42. The van der Waals surface area contributed by atoms with Crippen molar-refractivity contribution in [2.24, 2.45) is 11.8 Å². The monoisotopic (exact) mass is 672 g/mol. The topological polar surface area (TPSA) is 88.5 Å². The van der Waals surface area contributed by atoms with E-state index in [1.807, 2.05) is 93.8 Å². The molecule has 2 fully saturated rings. The predicted molar refractivity (Wildman–Crippen MR) is 193 cm³/mol. The van der Waals surface area contributed by atoms with E-state index < -0.39 is 11.2 Å². The van der Waals surface area contributed by atoms with Crippen LogP contribution in [0.15, 0.2) is 78.9 Å². The first-order valence-electron chi connectivity index (χ1n) is 17.6. The summed E-state index contributed by atoms with van der Waals surface area (Å²) < 4.78 is 17.1. The van der Waals surface area contributed by atoms with Crippen molar-refractivity contribution >= 4 is 12.2 Å². The van der Waals surface area contributed by atoms with E-state index in [0.29, 0.717) is 25.0 Å². The summed E-state index contributed by atoms with van der Waals surface area (Å²) in [6.07, 6.45) is 3.58. The summed E-state index contributed by atoms with van der Waals surface area (Å²) in [5.74, 6) is 2.04. The van der Waals surface area contributed by atoms with Crippen LogP contribution in [0.1, 0.15) is 110 Å². The third-order valence-corrected chi connectivity index (χ3v) is 8.68. The Morgan fingerprint density at radius 3 is 1.51 bits per heavy atom. The maximum Gasteiger partial charge on any atom is 0.410 e. The van der Waals surface area contributed by atoms with Gasteiger partial charge < -0.3 is 29.1 Å². The van der Waals surface area contributed by atoms with Crippen molar-refractivity contribution in [3.8, 4) is 11.5 Å². The lowest BCUT2D eigenvalue weighted by molar-refractivity contribution is 0.00276. The van der Waals surface area contributed by atoms with E-state index in [2.05, 4.69) is 38.1 Å². The SMILES string of the molecule is C[C@H]1CC[C@H](c2ccc(O)cc2)N(C(=O)OC(C)(C)C)C1.C[C@H]1CC[C@H](c2ccc(OCc3ccccc3)cc2)N(C(=O)OC(C)(C)C)C1. The molecule has 0 aromatic heterocycles. The predicted octanol–water partition coefficient (Wildman–Crippen LogP) is 10.1. The first-order chi connectivity index (χ1) is 23.1. The highest BCUT2D eigenvalue weighted by molar-refractivity contribution is 5.69. The third kappa shape index (κ3) is 11.7. The quantitative estimate of drug-likeness (QED) is 0.290. The summed E-state index contributed by atoms with van der Waals surface area (Å²) >= 11 is 0. The lowest BCUT2D eigenvalue weighted by Crippen LogP contribution is -2.44. The third-order valence-electron chi connectivity index (χ3n) is 8.68. The highest BCUT2D eigenvalue weighted by Gasteiger charge is 2.35. The zero-order valence-electron chi connectivity index (χ0n) is 30.6. The minimum atomic E-state index is -0.489. The van der Waals surface area contributed by atoms with Crippen molar-refractivity contribution < 1.29 is 28.9 Å². The molecule has 2 aliphatic heterocycles. The van der Waals surface area contributed by atoms with Gasteiger partial charge >= 0.3 is 12.2 Å². The molecule has 8 heteroatoms. The molecule has 2 amide bonds. The van der Waals surface area contributed by atoms with Crippen molar-refractivity contribution in [2.75, 3.05) is 13.1 Å². The minimum absolute atomic E-state index is 0.0247. The molecule has 5 rings (SSSR count). The van der Waals surface area contributed by atoms with Gasteiger partial charge in [0.2, 0.25) is 0 Å². The van der Waals surface area contributed by atoms with Crippen LogP contribution in [-0.4, -0.2) is 51.4 Å².